The molecule has 1 N–H and O–H groups in total. The summed E-state index contributed by atoms with van der Waals surface area (Å²) >= 11 is 0. The van der Waals surface area contributed by atoms with Gasteiger partial charge in [-0.25, -0.2) is 19.2 Å². The Morgan fingerprint density at radius 3 is 2.64 bits per heavy atom. The van der Waals surface area contributed by atoms with E-state index in [1.165, 1.54) is 25.0 Å². The van der Waals surface area contributed by atoms with Gasteiger partial charge in [-0.1, -0.05) is 6.92 Å². The Kier molecular flexibility index (Phi) is 6.26. The average Bonchev–Trinajstić information content (AvgIpc) is 3.45. The van der Waals surface area contributed by atoms with Crippen molar-refractivity contribution in [2.75, 3.05) is 11.9 Å². The monoisotopic (exact) mass is 451 g/mol. The SMILES string of the molecule is C[C@H]1CC[C@H](Nc2nccc(-c3cn(CC4CCCO4)c(=O)n3-c3ccc(F)cc3)n2)CC1. The second kappa shape index (κ2) is 9.47. The molecular weight excluding hydrogens is 421 g/mol. The Bertz CT molecular complexity index is 1140. The largest absolute Gasteiger partial charge is 0.376 e. The molecule has 3 heterocycles. The van der Waals surface area contributed by atoms with Gasteiger partial charge in [-0.3, -0.25) is 9.13 Å². The molecule has 1 unspecified atom stereocenters. The number of hydrogen-bond donors (Lipinski definition) is 1. The zero-order valence-corrected chi connectivity index (χ0v) is 18.9. The molecule has 174 valence electrons. The summed E-state index contributed by atoms with van der Waals surface area (Å²) in [4.78, 5) is 22.6. The van der Waals surface area contributed by atoms with Gasteiger partial charge < -0.3 is 10.1 Å². The van der Waals surface area contributed by atoms with E-state index in [-0.39, 0.29) is 17.6 Å². The molecule has 1 saturated carbocycles. The fourth-order valence-corrected chi connectivity index (χ4v) is 4.81. The molecule has 2 aromatic heterocycles. The van der Waals surface area contributed by atoms with Crippen molar-refractivity contribution >= 4 is 5.95 Å². The molecule has 8 heteroatoms. The van der Waals surface area contributed by atoms with Crippen molar-refractivity contribution in [2.45, 2.75) is 64.1 Å². The van der Waals surface area contributed by atoms with Crippen LogP contribution in [0.1, 0.15) is 45.4 Å². The van der Waals surface area contributed by atoms with Crippen molar-refractivity contribution in [2.24, 2.45) is 5.92 Å². The Morgan fingerprint density at radius 1 is 1.12 bits per heavy atom. The van der Waals surface area contributed by atoms with Crippen LogP contribution in [-0.4, -0.2) is 37.9 Å². The molecule has 0 radical (unpaired) electrons. The van der Waals surface area contributed by atoms with E-state index < -0.39 is 0 Å². The van der Waals surface area contributed by atoms with Crippen LogP contribution in [0, 0.1) is 11.7 Å². The lowest BCUT2D eigenvalue weighted by molar-refractivity contribution is 0.0961. The molecule has 1 aliphatic heterocycles. The van der Waals surface area contributed by atoms with E-state index in [4.69, 9.17) is 9.72 Å². The zero-order chi connectivity index (χ0) is 22.8. The second-order valence-corrected chi connectivity index (χ2v) is 9.26. The summed E-state index contributed by atoms with van der Waals surface area (Å²) in [6.07, 6.45) is 10.1. The first-order chi connectivity index (χ1) is 16.1. The highest BCUT2D eigenvalue weighted by Crippen LogP contribution is 2.26. The lowest BCUT2D eigenvalue weighted by Gasteiger charge is -2.26. The summed E-state index contributed by atoms with van der Waals surface area (Å²) in [7, 11) is 0. The normalized spacial score (nSPS) is 23.0. The second-order valence-electron chi connectivity index (χ2n) is 9.26. The first-order valence-electron chi connectivity index (χ1n) is 11.9. The molecule has 1 aromatic carbocycles. The van der Waals surface area contributed by atoms with Gasteiger partial charge in [0.05, 0.1) is 29.7 Å². The molecule has 2 aliphatic rings. The number of aromatic nitrogens is 4. The molecule has 7 nitrogen and oxygen atoms in total. The topological polar surface area (TPSA) is 74.0 Å². The number of rotatable bonds is 6. The molecule has 5 rings (SSSR count). The summed E-state index contributed by atoms with van der Waals surface area (Å²) in [5.41, 5.74) is 1.69. The van der Waals surface area contributed by atoms with Crippen molar-refractivity contribution in [3.05, 3.63) is 59.0 Å². The average molecular weight is 452 g/mol. The molecule has 1 atom stereocenters. The van der Waals surface area contributed by atoms with Gasteiger partial charge in [-0.15, -0.1) is 0 Å². The number of nitrogens with one attached hydrogen (secondary N) is 1. The number of hydrogen-bond acceptors (Lipinski definition) is 5. The number of anilines is 1. The highest BCUT2D eigenvalue weighted by atomic mass is 19.1. The van der Waals surface area contributed by atoms with Gasteiger partial charge in [0, 0.05) is 25.0 Å². The predicted octanol–water partition coefficient (Wildman–Crippen LogP) is 4.40. The minimum atomic E-state index is -0.345. The maximum absolute atomic E-state index is 13.6. The molecule has 2 fully saturated rings. The summed E-state index contributed by atoms with van der Waals surface area (Å²) in [5, 5.41) is 3.47. The van der Waals surface area contributed by atoms with Crippen LogP contribution < -0.4 is 11.0 Å². The smallest absolute Gasteiger partial charge is 0.333 e. The fraction of sp³-hybridized carbons (Fsp3) is 0.480. The van der Waals surface area contributed by atoms with Gasteiger partial charge >= 0.3 is 5.69 Å². The highest BCUT2D eigenvalue weighted by molar-refractivity contribution is 5.59. The third-order valence-electron chi connectivity index (χ3n) is 6.73. The Balaban J connectivity index is 1.49. The highest BCUT2D eigenvalue weighted by Gasteiger charge is 2.22. The van der Waals surface area contributed by atoms with Gasteiger partial charge in [0.2, 0.25) is 5.95 Å². The van der Waals surface area contributed by atoms with Gasteiger partial charge in [0.25, 0.3) is 0 Å². The minimum Gasteiger partial charge on any atom is -0.376 e. The maximum Gasteiger partial charge on any atom is 0.333 e. The zero-order valence-electron chi connectivity index (χ0n) is 18.9. The van der Waals surface area contributed by atoms with E-state index in [2.05, 4.69) is 17.2 Å². The number of halogens is 1. The predicted molar refractivity (Wildman–Crippen MR) is 125 cm³/mol. The van der Waals surface area contributed by atoms with E-state index >= 15 is 0 Å². The van der Waals surface area contributed by atoms with E-state index in [9.17, 15) is 9.18 Å². The molecular formula is C25H30FN5O2. The van der Waals surface area contributed by atoms with E-state index in [1.807, 2.05) is 6.20 Å². The summed E-state index contributed by atoms with van der Waals surface area (Å²) in [6.45, 7) is 3.51. The van der Waals surface area contributed by atoms with Crippen LogP contribution in [0.15, 0.2) is 47.5 Å². The van der Waals surface area contributed by atoms with Crippen molar-refractivity contribution < 1.29 is 9.13 Å². The number of imidazole rings is 1. The van der Waals surface area contributed by atoms with Gasteiger partial charge in [-0.05, 0) is 74.8 Å². The number of nitrogens with zero attached hydrogens (tertiary/aromatic N) is 4. The lowest BCUT2D eigenvalue weighted by Crippen LogP contribution is -2.27. The Morgan fingerprint density at radius 2 is 1.91 bits per heavy atom. The first kappa shape index (κ1) is 21.8. The molecule has 1 saturated heterocycles. The maximum atomic E-state index is 13.6. The van der Waals surface area contributed by atoms with Crippen LogP contribution in [-0.2, 0) is 11.3 Å². The molecule has 33 heavy (non-hydrogen) atoms. The van der Waals surface area contributed by atoms with Crippen LogP contribution in [0.2, 0.25) is 0 Å². The Labute approximate surface area is 192 Å². The van der Waals surface area contributed by atoms with Gasteiger partial charge in [0.1, 0.15) is 5.82 Å². The standard InChI is InChI=1S/C25H30FN5O2/c1-17-4-8-19(9-5-17)28-24-27-13-12-22(29-24)23-16-30(15-21-3-2-14-33-21)25(32)31(23)20-10-6-18(26)7-11-20/h6-7,10-13,16-17,19,21H,2-5,8-9,14-15H2,1H3,(H,27,28,29)/t17-,19-,21?. The van der Waals surface area contributed by atoms with E-state index in [0.717, 1.165) is 38.2 Å². The van der Waals surface area contributed by atoms with Crippen molar-refractivity contribution in [3.63, 3.8) is 0 Å². The van der Waals surface area contributed by atoms with Crippen LogP contribution in [0.5, 0.6) is 0 Å². The van der Waals surface area contributed by atoms with Crippen LogP contribution >= 0.6 is 0 Å². The van der Waals surface area contributed by atoms with Gasteiger partial charge in [0.15, 0.2) is 0 Å². The molecule has 0 spiro atoms. The molecule has 3 aromatic rings. The number of benzene rings is 1. The summed E-state index contributed by atoms with van der Waals surface area (Å²) in [6, 6.07) is 8.11. The van der Waals surface area contributed by atoms with E-state index in [1.54, 1.807) is 33.5 Å². The Hall–Kier alpha value is -3.00. The van der Waals surface area contributed by atoms with Crippen LogP contribution in [0.4, 0.5) is 10.3 Å². The lowest BCUT2D eigenvalue weighted by atomic mass is 9.87. The van der Waals surface area contributed by atoms with Gasteiger partial charge in [-0.2, -0.15) is 0 Å². The van der Waals surface area contributed by atoms with Crippen LogP contribution in [0.3, 0.4) is 0 Å². The molecule has 0 amide bonds. The summed E-state index contributed by atoms with van der Waals surface area (Å²) in [5.74, 6) is 0.989. The fourth-order valence-electron chi connectivity index (χ4n) is 4.81. The molecule has 1 aliphatic carbocycles. The number of ether oxygens (including phenoxy) is 1. The molecule has 0 bridgehead atoms. The third-order valence-corrected chi connectivity index (χ3v) is 6.73. The summed E-state index contributed by atoms with van der Waals surface area (Å²) < 4.78 is 22.6. The quantitative estimate of drug-likeness (QED) is 0.601. The van der Waals surface area contributed by atoms with Crippen molar-refractivity contribution in [1.82, 2.24) is 19.1 Å². The third kappa shape index (κ3) is 4.85. The first-order valence-corrected chi connectivity index (χ1v) is 11.9. The van der Waals surface area contributed by atoms with Crippen LogP contribution in [0.25, 0.3) is 17.1 Å². The van der Waals surface area contributed by atoms with Crippen molar-refractivity contribution in [3.8, 4) is 17.1 Å². The van der Waals surface area contributed by atoms with E-state index in [0.29, 0.717) is 35.6 Å². The van der Waals surface area contributed by atoms with Crippen molar-refractivity contribution in [1.29, 1.82) is 0 Å². The minimum absolute atomic E-state index is 0.0240.